The first kappa shape index (κ1) is 27.6. The predicted octanol–water partition coefficient (Wildman–Crippen LogP) is 2.28. The maximum Gasteiger partial charge on any atom is 0.270 e. The van der Waals surface area contributed by atoms with Crippen LogP contribution in [0.5, 0.6) is 0 Å². The number of carbonyl (C=O) groups excluding carboxylic acids is 1. The fourth-order valence-corrected chi connectivity index (χ4v) is 8.54. The van der Waals surface area contributed by atoms with Gasteiger partial charge in [-0.1, -0.05) is 54.3 Å². The Kier molecular flexibility index (Phi) is 7.70. The molecule has 1 aromatic carbocycles. The minimum Gasteiger partial charge on any atom is -0.355 e. The predicted molar refractivity (Wildman–Crippen MR) is 157 cm³/mol. The lowest BCUT2D eigenvalue weighted by Crippen LogP contribution is -2.48. The van der Waals surface area contributed by atoms with E-state index in [0.29, 0.717) is 45.7 Å². The summed E-state index contributed by atoms with van der Waals surface area (Å²) in [6, 6.07) is 11.8. The van der Waals surface area contributed by atoms with E-state index in [2.05, 4.69) is 21.9 Å². The van der Waals surface area contributed by atoms with Crippen molar-refractivity contribution in [1.29, 1.82) is 5.26 Å². The molecule has 3 saturated heterocycles. The lowest BCUT2D eigenvalue weighted by molar-refractivity contribution is -0.123. The normalized spacial score (nSPS) is 22.6. The highest BCUT2D eigenvalue weighted by molar-refractivity contribution is 8.26. The lowest BCUT2D eigenvalue weighted by atomic mass is 10.0. The van der Waals surface area contributed by atoms with Crippen molar-refractivity contribution >= 4 is 55.9 Å². The Bertz CT molecular complexity index is 1570. The number of nitriles is 1. The van der Waals surface area contributed by atoms with E-state index in [-0.39, 0.29) is 28.5 Å². The molecule has 0 N–H and O–H groups in total. The number of nitrogens with zero attached hydrogens (tertiary/aromatic N) is 5. The van der Waals surface area contributed by atoms with Crippen LogP contribution in [0.2, 0.25) is 0 Å². The summed E-state index contributed by atoms with van der Waals surface area (Å²) in [5.74, 6) is 0.268. The topological polar surface area (TPSA) is 107 Å². The monoisotopic (exact) mass is 583 g/mol. The summed E-state index contributed by atoms with van der Waals surface area (Å²) in [4.78, 5) is 32.8. The van der Waals surface area contributed by atoms with Crippen LogP contribution >= 0.6 is 24.0 Å². The zero-order valence-electron chi connectivity index (χ0n) is 21.8. The van der Waals surface area contributed by atoms with Crippen molar-refractivity contribution in [2.75, 3.05) is 42.6 Å². The van der Waals surface area contributed by atoms with E-state index in [1.807, 2.05) is 24.3 Å². The number of thioether (sulfide) groups is 1. The molecule has 1 aromatic heterocycles. The summed E-state index contributed by atoms with van der Waals surface area (Å²) in [6.45, 7) is 5.50. The van der Waals surface area contributed by atoms with Crippen LogP contribution in [-0.4, -0.2) is 76.7 Å². The standard InChI is InChI=1S/C27H29N5O4S3/c1-18-21(14-23-26(34)32(27(37)38-23)20-8-13-39(35,36)17-20)24(29(2)25(33)22(18)15-28)31-11-9-30(10-12-31)16-19-6-4-3-5-7-19/h3-7,14,20H,8-13,16-17H2,1-2H3. The number of hydrogen-bond donors (Lipinski definition) is 0. The van der Waals surface area contributed by atoms with Crippen LogP contribution in [-0.2, 0) is 28.2 Å². The molecular formula is C27H29N5O4S3. The Morgan fingerprint density at radius 1 is 1.15 bits per heavy atom. The van der Waals surface area contributed by atoms with Gasteiger partial charge in [0.15, 0.2) is 9.84 Å². The number of sulfone groups is 1. The summed E-state index contributed by atoms with van der Waals surface area (Å²) >= 11 is 6.61. The van der Waals surface area contributed by atoms with Crippen LogP contribution in [0.4, 0.5) is 5.82 Å². The average molecular weight is 584 g/mol. The third-order valence-corrected chi connectivity index (χ3v) is 10.6. The fourth-order valence-electron chi connectivity index (χ4n) is 5.46. The van der Waals surface area contributed by atoms with Crippen LogP contribution in [0.15, 0.2) is 40.0 Å². The van der Waals surface area contributed by atoms with Crippen LogP contribution in [0.25, 0.3) is 6.08 Å². The number of thiocarbonyl (C=S) groups is 1. The Morgan fingerprint density at radius 2 is 1.85 bits per heavy atom. The third-order valence-electron chi connectivity index (χ3n) is 7.56. The molecule has 0 aliphatic carbocycles. The van der Waals surface area contributed by atoms with Gasteiger partial charge < -0.3 is 4.90 Å². The minimum atomic E-state index is -3.20. The zero-order chi connectivity index (χ0) is 27.9. The van der Waals surface area contributed by atoms with Gasteiger partial charge in [0.05, 0.1) is 22.5 Å². The maximum absolute atomic E-state index is 13.4. The molecule has 0 saturated carbocycles. The van der Waals surface area contributed by atoms with Gasteiger partial charge in [-0.15, -0.1) is 0 Å². The quantitative estimate of drug-likeness (QED) is 0.387. The molecule has 0 spiro atoms. The molecule has 1 unspecified atom stereocenters. The molecule has 1 atom stereocenters. The van der Waals surface area contributed by atoms with E-state index < -0.39 is 15.9 Å². The molecule has 4 heterocycles. The molecule has 0 radical (unpaired) electrons. The van der Waals surface area contributed by atoms with Crippen molar-refractivity contribution in [3.8, 4) is 6.07 Å². The summed E-state index contributed by atoms with van der Waals surface area (Å²) in [5.41, 5.74) is 2.04. The molecule has 39 heavy (non-hydrogen) atoms. The van der Waals surface area contributed by atoms with Crippen molar-refractivity contribution in [3.05, 3.63) is 67.8 Å². The Hall–Kier alpha value is -2.98. The number of piperazine rings is 1. The van der Waals surface area contributed by atoms with Crippen LogP contribution in [0.1, 0.15) is 28.7 Å². The van der Waals surface area contributed by atoms with Gasteiger partial charge in [0.2, 0.25) is 0 Å². The van der Waals surface area contributed by atoms with Crippen LogP contribution in [0.3, 0.4) is 0 Å². The van der Waals surface area contributed by atoms with Gasteiger partial charge in [0, 0.05) is 45.3 Å². The minimum absolute atomic E-state index is 0.0348. The van der Waals surface area contributed by atoms with Crippen LogP contribution < -0.4 is 10.5 Å². The summed E-state index contributed by atoms with van der Waals surface area (Å²) < 4.78 is 25.9. The fraction of sp³-hybridized carbons (Fsp3) is 0.407. The van der Waals surface area contributed by atoms with Crippen molar-refractivity contribution in [3.63, 3.8) is 0 Å². The number of hydrogen-bond acceptors (Lipinski definition) is 9. The number of rotatable bonds is 5. The van der Waals surface area contributed by atoms with Gasteiger partial charge in [-0.25, -0.2) is 8.42 Å². The number of anilines is 1. The van der Waals surface area contributed by atoms with Crippen molar-refractivity contribution < 1.29 is 13.2 Å². The summed E-state index contributed by atoms with van der Waals surface area (Å²) in [5, 5.41) is 9.75. The molecule has 3 fully saturated rings. The van der Waals surface area contributed by atoms with Crippen LogP contribution in [0, 0.1) is 18.3 Å². The smallest absolute Gasteiger partial charge is 0.270 e. The molecule has 204 valence electrons. The van der Waals surface area contributed by atoms with Crippen molar-refractivity contribution in [2.24, 2.45) is 7.05 Å². The van der Waals surface area contributed by atoms with Crippen molar-refractivity contribution in [2.45, 2.75) is 25.9 Å². The van der Waals surface area contributed by atoms with E-state index in [0.717, 1.165) is 31.4 Å². The van der Waals surface area contributed by atoms with Gasteiger partial charge in [0.1, 0.15) is 21.8 Å². The number of aromatic nitrogens is 1. The Balaban J connectivity index is 1.47. The molecule has 0 bridgehead atoms. The molecular weight excluding hydrogens is 555 g/mol. The van der Waals surface area contributed by atoms with Gasteiger partial charge in [0.25, 0.3) is 11.5 Å². The van der Waals surface area contributed by atoms with E-state index in [4.69, 9.17) is 12.2 Å². The zero-order valence-corrected chi connectivity index (χ0v) is 24.2. The molecule has 3 aliphatic rings. The summed E-state index contributed by atoms with van der Waals surface area (Å²) in [7, 11) is -1.54. The number of amides is 1. The molecule has 3 aliphatic heterocycles. The van der Waals surface area contributed by atoms with Gasteiger partial charge in [-0.3, -0.25) is 24.0 Å². The molecule has 2 aromatic rings. The van der Waals surface area contributed by atoms with E-state index in [1.165, 1.54) is 15.0 Å². The summed E-state index contributed by atoms with van der Waals surface area (Å²) in [6.07, 6.45) is 2.07. The average Bonchev–Trinajstić information content (AvgIpc) is 3.40. The van der Waals surface area contributed by atoms with Gasteiger partial charge >= 0.3 is 0 Å². The first-order valence-corrected chi connectivity index (χ1v) is 15.8. The maximum atomic E-state index is 13.4. The second-order valence-electron chi connectivity index (χ2n) is 10.1. The highest BCUT2D eigenvalue weighted by Gasteiger charge is 2.42. The SMILES string of the molecule is Cc1c(C=C2SC(=S)N(C3CCS(=O)(=O)C3)C2=O)c(N2CCN(Cc3ccccc3)CC2)n(C)c(=O)c1C#N. The molecule has 5 rings (SSSR count). The first-order valence-electron chi connectivity index (χ1n) is 12.7. The van der Waals surface area contributed by atoms with E-state index >= 15 is 0 Å². The highest BCUT2D eigenvalue weighted by atomic mass is 32.2. The van der Waals surface area contributed by atoms with E-state index in [9.17, 15) is 23.3 Å². The first-order chi connectivity index (χ1) is 18.6. The van der Waals surface area contributed by atoms with E-state index in [1.54, 1.807) is 20.0 Å². The Labute approximate surface area is 237 Å². The number of carbonyl (C=O) groups is 1. The third kappa shape index (κ3) is 5.41. The Morgan fingerprint density at radius 3 is 2.46 bits per heavy atom. The largest absolute Gasteiger partial charge is 0.355 e. The molecule has 9 nitrogen and oxygen atoms in total. The van der Waals surface area contributed by atoms with Gasteiger partial charge in [-0.05, 0) is 30.5 Å². The lowest BCUT2D eigenvalue weighted by Gasteiger charge is -2.37. The number of benzene rings is 1. The van der Waals surface area contributed by atoms with Crippen molar-refractivity contribution in [1.82, 2.24) is 14.4 Å². The molecule has 12 heteroatoms. The highest BCUT2D eigenvalue weighted by Crippen LogP contribution is 2.38. The second-order valence-corrected chi connectivity index (χ2v) is 14.0. The van der Waals surface area contributed by atoms with Gasteiger partial charge in [-0.2, -0.15) is 5.26 Å². The second kappa shape index (κ2) is 10.9. The number of pyridine rings is 1. The molecule has 1 amide bonds.